The van der Waals surface area contributed by atoms with Gasteiger partial charge in [0.15, 0.2) is 6.10 Å². The number of methoxy groups -OCH3 is 1. The average Bonchev–Trinajstić information content (AvgIpc) is 3.09. The number of ether oxygens (including phenoxy) is 2. The molecule has 0 saturated heterocycles. The van der Waals surface area contributed by atoms with Crippen LogP contribution in [0.3, 0.4) is 0 Å². The van der Waals surface area contributed by atoms with Crippen LogP contribution < -0.4 is 10.1 Å². The lowest BCUT2D eigenvalue weighted by Gasteiger charge is -2.15. The van der Waals surface area contributed by atoms with E-state index in [4.69, 9.17) is 9.47 Å². The Labute approximate surface area is 161 Å². The number of hydrogen-bond acceptors (Lipinski definition) is 6. The molecule has 6 nitrogen and oxygen atoms in total. The van der Waals surface area contributed by atoms with Crippen molar-refractivity contribution >= 4 is 39.1 Å². The van der Waals surface area contributed by atoms with Crippen molar-refractivity contribution in [1.29, 1.82) is 0 Å². The summed E-state index contributed by atoms with van der Waals surface area (Å²) >= 11 is 1.56. The van der Waals surface area contributed by atoms with Gasteiger partial charge in [0.1, 0.15) is 5.75 Å². The zero-order chi connectivity index (χ0) is 19.2. The summed E-state index contributed by atoms with van der Waals surface area (Å²) in [4.78, 5) is 28.8. The first-order chi connectivity index (χ1) is 13.1. The number of para-hydroxylation sites is 3. The number of anilines is 1. The van der Waals surface area contributed by atoms with Crippen molar-refractivity contribution in [3.8, 4) is 5.75 Å². The maximum atomic E-state index is 12.3. The number of carbonyl (C=O) groups is 2. The molecule has 0 fully saturated rings. The van der Waals surface area contributed by atoms with E-state index in [9.17, 15) is 9.59 Å². The first-order valence-electron chi connectivity index (χ1n) is 8.54. The summed E-state index contributed by atoms with van der Waals surface area (Å²) in [6, 6.07) is 14.9. The van der Waals surface area contributed by atoms with Crippen molar-refractivity contribution < 1.29 is 19.1 Å². The minimum atomic E-state index is -0.905. The molecule has 27 heavy (non-hydrogen) atoms. The van der Waals surface area contributed by atoms with E-state index in [2.05, 4.69) is 10.3 Å². The zero-order valence-electron chi connectivity index (χ0n) is 15.1. The third kappa shape index (κ3) is 4.83. The second kappa shape index (κ2) is 8.64. The van der Waals surface area contributed by atoms with Gasteiger partial charge in [0.05, 0.1) is 34.4 Å². The van der Waals surface area contributed by atoms with Gasteiger partial charge >= 0.3 is 5.97 Å². The van der Waals surface area contributed by atoms with E-state index in [0.717, 1.165) is 15.2 Å². The summed E-state index contributed by atoms with van der Waals surface area (Å²) in [6.07, 6.45) is -0.247. The van der Waals surface area contributed by atoms with Crippen LogP contribution in [-0.4, -0.2) is 30.1 Å². The van der Waals surface area contributed by atoms with Gasteiger partial charge in [-0.1, -0.05) is 24.3 Å². The molecule has 3 rings (SSSR count). The number of carbonyl (C=O) groups excluding carboxylic acids is 2. The summed E-state index contributed by atoms with van der Waals surface area (Å²) in [5, 5.41) is 3.58. The van der Waals surface area contributed by atoms with Crippen LogP contribution in [0.5, 0.6) is 5.75 Å². The molecule has 1 atom stereocenters. The highest BCUT2D eigenvalue weighted by atomic mass is 32.1. The molecule has 7 heteroatoms. The highest BCUT2D eigenvalue weighted by molar-refractivity contribution is 7.18. The molecule has 0 aliphatic rings. The molecule has 3 aromatic rings. The second-order valence-corrected chi connectivity index (χ2v) is 7.01. The molecule has 140 valence electrons. The average molecular weight is 384 g/mol. The quantitative estimate of drug-likeness (QED) is 0.627. The summed E-state index contributed by atoms with van der Waals surface area (Å²) in [5.41, 5.74) is 1.46. The second-order valence-electron chi connectivity index (χ2n) is 5.90. The summed E-state index contributed by atoms with van der Waals surface area (Å²) in [5.74, 6) is -0.301. The van der Waals surface area contributed by atoms with Gasteiger partial charge in [0, 0.05) is 6.42 Å². The van der Waals surface area contributed by atoms with Gasteiger partial charge in [-0.15, -0.1) is 11.3 Å². The van der Waals surface area contributed by atoms with E-state index in [-0.39, 0.29) is 6.42 Å². The predicted octanol–water partition coefficient (Wildman–Crippen LogP) is 3.81. The van der Waals surface area contributed by atoms with Gasteiger partial charge in [-0.25, -0.2) is 4.98 Å². The van der Waals surface area contributed by atoms with E-state index >= 15 is 0 Å². The van der Waals surface area contributed by atoms with Crippen LogP contribution in [0.25, 0.3) is 10.2 Å². The molecule has 0 aliphatic carbocycles. The highest BCUT2D eigenvalue weighted by Gasteiger charge is 2.19. The minimum Gasteiger partial charge on any atom is -0.495 e. The Morgan fingerprint density at radius 1 is 1.15 bits per heavy atom. The molecule has 1 N–H and O–H groups in total. The van der Waals surface area contributed by atoms with Crippen molar-refractivity contribution in [3.63, 3.8) is 0 Å². The normalized spacial score (nSPS) is 11.8. The maximum absolute atomic E-state index is 12.3. The number of thiazole rings is 1. The largest absolute Gasteiger partial charge is 0.495 e. The molecule has 0 aliphatic heterocycles. The summed E-state index contributed by atoms with van der Waals surface area (Å²) < 4.78 is 11.5. The summed E-state index contributed by atoms with van der Waals surface area (Å²) in [6.45, 7) is 1.54. The Balaban J connectivity index is 1.51. The number of fused-ring (bicyclic) bond motifs is 1. The Hall–Kier alpha value is -2.93. The number of hydrogen-bond donors (Lipinski definition) is 1. The Morgan fingerprint density at radius 2 is 1.89 bits per heavy atom. The van der Waals surface area contributed by atoms with Crippen LogP contribution in [0.2, 0.25) is 0 Å². The van der Waals surface area contributed by atoms with Crippen LogP contribution in [0.15, 0.2) is 48.5 Å². The lowest BCUT2D eigenvalue weighted by Crippen LogP contribution is -2.30. The number of aromatic nitrogens is 1. The van der Waals surface area contributed by atoms with Crippen LogP contribution in [-0.2, 0) is 20.7 Å². The molecule has 0 unspecified atom stereocenters. The van der Waals surface area contributed by atoms with Crippen molar-refractivity contribution in [1.82, 2.24) is 4.98 Å². The fraction of sp³-hybridized carbons (Fsp3) is 0.250. The number of esters is 1. The number of aryl methyl sites for hydroxylation is 1. The van der Waals surface area contributed by atoms with Crippen molar-refractivity contribution in [2.24, 2.45) is 0 Å². The molecule has 2 aromatic carbocycles. The molecular weight excluding hydrogens is 364 g/mol. The molecule has 1 aromatic heterocycles. The van der Waals surface area contributed by atoms with Gasteiger partial charge in [-0.2, -0.15) is 0 Å². The zero-order valence-corrected chi connectivity index (χ0v) is 15.9. The molecule has 0 saturated carbocycles. The standard InChI is InChI=1S/C20H20N2O4S/c1-13(20(24)22-14-7-3-5-9-16(14)25-2)26-19(23)12-11-18-21-15-8-4-6-10-17(15)27-18/h3-10,13H,11-12H2,1-2H3,(H,22,24)/t13-/m0/s1. The number of benzene rings is 2. The molecule has 0 bridgehead atoms. The fourth-order valence-electron chi connectivity index (χ4n) is 2.53. The van der Waals surface area contributed by atoms with Gasteiger partial charge in [-0.3, -0.25) is 9.59 Å². The lowest BCUT2D eigenvalue weighted by atomic mass is 10.2. The minimum absolute atomic E-state index is 0.173. The smallest absolute Gasteiger partial charge is 0.306 e. The monoisotopic (exact) mass is 384 g/mol. The number of nitrogens with zero attached hydrogens (tertiary/aromatic N) is 1. The van der Waals surface area contributed by atoms with Crippen LogP contribution in [0, 0.1) is 0 Å². The molecule has 1 heterocycles. The van der Waals surface area contributed by atoms with Gasteiger partial charge in [-0.05, 0) is 31.2 Å². The fourth-order valence-corrected chi connectivity index (χ4v) is 3.49. The lowest BCUT2D eigenvalue weighted by molar-refractivity contribution is -0.153. The molecular formula is C20H20N2O4S. The van der Waals surface area contributed by atoms with Crippen LogP contribution >= 0.6 is 11.3 Å². The SMILES string of the molecule is COc1ccccc1NC(=O)[C@H](C)OC(=O)CCc1nc2ccccc2s1. The van der Waals surface area contributed by atoms with Crippen LogP contribution in [0.4, 0.5) is 5.69 Å². The van der Waals surface area contributed by atoms with Crippen molar-refractivity contribution in [3.05, 3.63) is 53.5 Å². The Morgan fingerprint density at radius 3 is 2.67 bits per heavy atom. The number of rotatable bonds is 7. The van der Waals surface area contributed by atoms with Gasteiger partial charge < -0.3 is 14.8 Å². The number of nitrogens with one attached hydrogen (secondary N) is 1. The first-order valence-corrected chi connectivity index (χ1v) is 9.36. The predicted molar refractivity (Wildman–Crippen MR) is 105 cm³/mol. The van der Waals surface area contributed by atoms with E-state index in [0.29, 0.717) is 17.9 Å². The topological polar surface area (TPSA) is 77.5 Å². The van der Waals surface area contributed by atoms with Crippen molar-refractivity contribution in [2.45, 2.75) is 25.9 Å². The van der Waals surface area contributed by atoms with E-state index < -0.39 is 18.0 Å². The van der Waals surface area contributed by atoms with Gasteiger partial charge in [0.2, 0.25) is 0 Å². The Kier molecular flexibility index (Phi) is 6.03. The van der Waals surface area contributed by atoms with Crippen molar-refractivity contribution in [2.75, 3.05) is 12.4 Å². The molecule has 0 radical (unpaired) electrons. The van der Waals surface area contributed by atoms with Crippen LogP contribution in [0.1, 0.15) is 18.4 Å². The Bertz CT molecular complexity index is 921. The van der Waals surface area contributed by atoms with E-state index in [1.54, 1.807) is 42.5 Å². The summed E-state index contributed by atoms with van der Waals surface area (Å²) in [7, 11) is 1.52. The molecule has 0 spiro atoms. The highest BCUT2D eigenvalue weighted by Crippen LogP contribution is 2.24. The van der Waals surface area contributed by atoms with E-state index in [1.165, 1.54) is 7.11 Å². The first kappa shape index (κ1) is 18.8. The van der Waals surface area contributed by atoms with Gasteiger partial charge in [0.25, 0.3) is 5.91 Å². The third-order valence-electron chi connectivity index (χ3n) is 3.92. The molecule has 1 amide bonds. The third-order valence-corrected chi connectivity index (χ3v) is 5.02. The number of amides is 1. The van der Waals surface area contributed by atoms with E-state index in [1.807, 2.05) is 24.3 Å². The maximum Gasteiger partial charge on any atom is 0.306 e.